The Labute approximate surface area is 145 Å². The summed E-state index contributed by atoms with van der Waals surface area (Å²) in [5, 5.41) is 10.7. The van der Waals surface area contributed by atoms with Crippen molar-refractivity contribution in [3.63, 3.8) is 0 Å². The van der Waals surface area contributed by atoms with Gasteiger partial charge in [-0.2, -0.15) is 0 Å². The number of carbonyl (C=O) groups is 1. The Kier molecular flexibility index (Phi) is 4.03. The van der Waals surface area contributed by atoms with E-state index < -0.39 is 16.9 Å². The topological polar surface area (TPSA) is 85.4 Å². The second-order valence-corrected chi connectivity index (χ2v) is 6.85. The lowest BCUT2D eigenvalue weighted by molar-refractivity contribution is -0.123. The molecule has 2 heterocycles. The third-order valence-corrected chi connectivity index (χ3v) is 4.97. The van der Waals surface area contributed by atoms with Gasteiger partial charge >= 0.3 is 0 Å². The number of fused-ring (bicyclic) bond motifs is 1. The fraction of sp³-hybridized carbons (Fsp3) is 0.368. The van der Waals surface area contributed by atoms with Crippen LogP contribution in [0.5, 0.6) is 5.75 Å². The molecule has 0 bridgehead atoms. The Bertz CT molecular complexity index is 833. The van der Waals surface area contributed by atoms with Crippen molar-refractivity contribution < 1.29 is 19.0 Å². The predicted molar refractivity (Wildman–Crippen MR) is 91.5 cm³/mol. The van der Waals surface area contributed by atoms with Gasteiger partial charge in [-0.05, 0) is 50.6 Å². The summed E-state index contributed by atoms with van der Waals surface area (Å²) in [4.78, 5) is 16.6. The molecule has 25 heavy (non-hydrogen) atoms. The third kappa shape index (κ3) is 2.76. The highest BCUT2D eigenvalue weighted by Gasteiger charge is 2.44. The average Bonchev–Trinajstić information content (AvgIpc) is 2.93. The Morgan fingerprint density at radius 1 is 1.44 bits per heavy atom. The van der Waals surface area contributed by atoms with Crippen LogP contribution < -0.4 is 10.5 Å². The van der Waals surface area contributed by atoms with Gasteiger partial charge in [0.2, 0.25) is 5.91 Å². The minimum atomic E-state index is -1.18. The molecular weight excluding hydrogens is 323 g/mol. The van der Waals surface area contributed by atoms with Crippen LogP contribution in [0.3, 0.4) is 0 Å². The maximum atomic E-state index is 13.3. The normalized spacial score (nSPS) is 21.3. The molecule has 1 aliphatic rings. The smallest absolute Gasteiger partial charge is 0.231 e. The van der Waals surface area contributed by atoms with E-state index >= 15 is 0 Å². The SMILES string of the molecule is CC[C@](C)(O)c1cc2c(c(-c3ccc(F)cc3)n1)OC[C@]2(C)C(N)=O. The summed E-state index contributed by atoms with van der Waals surface area (Å²) in [7, 11) is 0. The zero-order valence-electron chi connectivity index (χ0n) is 14.5. The van der Waals surface area contributed by atoms with Gasteiger partial charge in [-0.15, -0.1) is 0 Å². The molecule has 5 nitrogen and oxygen atoms in total. The molecule has 1 aromatic heterocycles. The molecule has 0 fully saturated rings. The van der Waals surface area contributed by atoms with Crippen LogP contribution in [0.1, 0.15) is 38.4 Å². The van der Waals surface area contributed by atoms with Gasteiger partial charge in [-0.3, -0.25) is 4.79 Å². The first-order valence-corrected chi connectivity index (χ1v) is 8.16. The van der Waals surface area contributed by atoms with Crippen molar-refractivity contribution in [3.05, 3.63) is 47.4 Å². The Hall–Kier alpha value is -2.47. The van der Waals surface area contributed by atoms with Crippen molar-refractivity contribution in [2.45, 2.75) is 38.2 Å². The molecule has 0 spiro atoms. The number of hydrogen-bond donors (Lipinski definition) is 2. The molecule has 3 rings (SSSR count). The number of benzene rings is 1. The molecule has 0 saturated heterocycles. The number of halogens is 1. The molecule has 1 aliphatic heterocycles. The van der Waals surface area contributed by atoms with E-state index in [4.69, 9.17) is 10.5 Å². The van der Waals surface area contributed by atoms with E-state index in [1.807, 2.05) is 6.92 Å². The van der Waals surface area contributed by atoms with Gasteiger partial charge in [0.05, 0.1) is 5.69 Å². The Morgan fingerprint density at radius 2 is 2.08 bits per heavy atom. The Balaban J connectivity index is 2.29. The lowest BCUT2D eigenvalue weighted by Gasteiger charge is -2.24. The number of aromatic nitrogens is 1. The summed E-state index contributed by atoms with van der Waals surface area (Å²) >= 11 is 0. The van der Waals surface area contributed by atoms with Crippen molar-refractivity contribution in [1.29, 1.82) is 0 Å². The number of primary amides is 1. The van der Waals surface area contributed by atoms with Crippen LogP contribution in [0.2, 0.25) is 0 Å². The van der Waals surface area contributed by atoms with Crippen molar-refractivity contribution >= 4 is 5.91 Å². The molecule has 2 atom stereocenters. The van der Waals surface area contributed by atoms with E-state index in [1.165, 1.54) is 12.1 Å². The van der Waals surface area contributed by atoms with E-state index in [1.54, 1.807) is 32.0 Å². The van der Waals surface area contributed by atoms with Gasteiger partial charge in [0.15, 0.2) is 0 Å². The molecule has 0 aliphatic carbocycles. The van der Waals surface area contributed by atoms with Gasteiger partial charge in [0.25, 0.3) is 0 Å². The number of nitrogens with two attached hydrogens (primary N) is 1. The van der Waals surface area contributed by atoms with Gasteiger partial charge in [0.1, 0.15) is 34.9 Å². The summed E-state index contributed by atoms with van der Waals surface area (Å²) in [6.45, 7) is 5.31. The number of pyridine rings is 1. The summed E-state index contributed by atoms with van der Waals surface area (Å²) in [5.74, 6) is -0.423. The molecule has 2 aromatic rings. The van der Waals surface area contributed by atoms with E-state index in [-0.39, 0.29) is 12.4 Å². The molecular formula is C19H21FN2O3. The lowest BCUT2D eigenvalue weighted by Crippen LogP contribution is -2.40. The lowest BCUT2D eigenvalue weighted by atomic mass is 9.82. The van der Waals surface area contributed by atoms with Crippen molar-refractivity contribution in [3.8, 4) is 17.0 Å². The molecule has 3 N–H and O–H groups in total. The van der Waals surface area contributed by atoms with Crippen LogP contribution in [0.25, 0.3) is 11.3 Å². The van der Waals surface area contributed by atoms with Crippen LogP contribution >= 0.6 is 0 Å². The van der Waals surface area contributed by atoms with E-state index in [0.29, 0.717) is 34.7 Å². The standard InChI is InChI=1S/C19H21FN2O3/c1-4-19(3,24)14-9-13-16(25-10-18(13,2)17(21)23)15(22-14)11-5-7-12(20)8-6-11/h5-9,24H,4,10H2,1-3H3,(H2,21,23)/t18-,19-/m0/s1. The highest BCUT2D eigenvalue weighted by Crippen LogP contribution is 2.45. The molecule has 0 unspecified atom stereocenters. The number of amides is 1. The van der Waals surface area contributed by atoms with Crippen LogP contribution in [0, 0.1) is 5.82 Å². The monoisotopic (exact) mass is 344 g/mol. The van der Waals surface area contributed by atoms with Crippen molar-refractivity contribution in [2.75, 3.05) is 6.61 Å². The molecule has 0 saturated carbocycles. The van der Waals surface area contributed by atoms with Crippen molar-refractivity contribution in [1.82, 2.24) is 4.98 Å². The predicted octanol–water partition coefficient (Wildman–Crippen LogP) is 2.64. The van der Waals surface area contributed by atoms with Crippen LogP contribution in [0.15, 0.2) is 30.3 Å². The number of ether oxygens (including phenoxy) is 1. The fourth-order valence-electron chi connectivity index (χ4n) is 2.85. The number of rotatable bonds is 4. The zero-order chi connectivity index (χ0) is 18.4. The van der Waals surface area contributed by atoms with E-state index in [2.05, 4.69) is 4.98 Å². The number of hydrogen-bond acceptors (Lipinski definition) is 4. The van der Waals surface area contributed by atoms with Crippen molar-refractivity contribution in [2.24, 2.45) is 5.73 Å². The molecule has 1 amide bonds. The van der Waals surface area contributed by atoms with Gasteiger partial charge in [-0.25, -0.2) is 9.37 Å². The average molecular weight is 344 g/mol. The van der Waals surface area contributed by atoms with Gasteiger partial charge in [0, 0.05) is 11.1 Å². The largest absolute Gasteiger partial charge is 0.489 e. The molecule has 6 heteroatoms. The van der Waals surface area contributed by atoms with E-state index in [9.17, 15) is 14.3 Å². The molecule has 132 valence electrons. The second-order valence-electron chi connectivity index (χ2n) is 6.85. The highest BCUT2D eigenvalue weighted by molar-refractivity contribution is 5.90. The first kappa shape index (κ1) is 17.4. The van der Waals surface area contributed by atoms with Crippen LogP contribution in [0.4, 0.5) is 4.39 Å². The van der Waals surface area contributed by atoms with Gasteiger partial charge < -0.3 is 15.6 Å². The zero-order valence-corrected chi connectivity index (χ0v) is 14.5. The molecule has 0 radical (unpaired) electrons. The summed E-state index contributed by atoms with van der Waals surface area (Å²) < 4.78 is 19.0. The first-order chi connectivity index (χ1) is 11.7. The summed E-state index contributed by atoms with van der Waals surface area (Å²) in [6, 6.07) is 7.52. The number of aliphatic hydroxyl groups is 1. The molecule has 1 aromatic carbocycles. The second kappa shape index (κ2) is 5.81. The number of carbonyl (C=O) groups excluding carboxylic acids is 1. The quantitative estimate of drug-likeness (QED) is 0.893. The summed E-state index contributed by atoms with van der Waals surface area (Å²) in [5.41, 5.74) is 5.53. The third-order valence-electron chi connectivity index (χ3n) is 4.97. The summed E-state index contributed by atoms with van der Waals surface area (Å²) in [6.07, 6.45) is 0.440. The number of nitrogens with zero attached hydrogens (tertiary/aromatic N) is 1. The minimum Gasteiger partial charge on any atom is -0.489 e. The first-order valence-electron chi connectivity index (χ1n) is 8.16. The fourth-order valence-corrected chi connectivity index (χ4v) is 2.85. The van der Waals surface area contributed by atoms with Crippen LogP contribution in [-0.4, -0.2) is 22.6 Å². The maximum Gasteiger partial charge on any atom is 0.231 e. The maximum absolute atomic E-state index is 13.3. The van der Waals surface area contributed by atoms with E-state index in [0.717, 1.165) is 0 Å². The Morgan fingerprint density at radius 3 is 2.64 bits per heavy atom. The van der Waals surface area contributed by atoms with Crippen LogP contribution in [-0.2, 0) is 15.8 Å². The highest BCUT2D eigenvalue weighted by atomic mass is 19.1. The minimum absolute atomic E-state index is 0.102. The van der Waals surface area contributed by atoms with Gasteiger partial charge in [-0.1, -0.05) is 6.92 Å².